The van der Waals surface area contributed by atoms with E-state index in [4.69, 9.17) is 0 Å². The Balaban J connectivity index is 1.97. The van der Waals surface area contributed by atoms with E-state index in [1.807, 2.05) is 4.90 Å². The zero-order valence-corrected chi connectivity index (χ0v) is 8.51. The van der Waals surface area contributed by atoms with Crippen molar-refractivity contribution in [3.63, 3.8) is 0 Å². The smallest absolute Gasteiger partial charge is 0.314 e. The fraction of sp³-hybridized carbons (Fsp3) is 0.750. The molecule has 8 heteroatoms. The molecule has 1 aliphatic heterocycles. The van der Waals surface area contributed by atoms with E-state index in [2.05, 4.69) is 20.5 Å². The highest BCUT2D eigenvalue weighted by molar-refractivity contribution is 4.94. The Morgan fingerprint density at radius 3 is 2.50 bits per heavy atom. The van der Waals surface area contributed by atoms with E-state index in [0.29, 0.717) is 6.54 Å². The average Bonchev–Trinajstić information content (AvgIpc) is 2.67. The van der Waals surface area contributed by atoms with Gasteiger partial charge in [0.2, 0.25) is 0 Å². The van der Waals surface area contributed by atoms with E-state index in [1.54, 1.807) is 0 Å². The van der Waals surface area contributed by atoms with Crippen LogP contribution in [0.5, 0.6) is 0 Å². The highest BCUT2D eigenvalue weighted by Gasteiger charge is 2.36. The van der Waals surface area contributed by atoms with Crippen LogP contribution in [0.15, 0.2) is 0 Å². The molecule has 0 aliphatic carbocycles. The molecule has 0 saturated carbocycles. The van der Waals surface area contributed by atoms with Gasteiger partial charge in [-0.05, 0) is 0 Å². The molecular weight excluding hydrogens is 223 g/mol. The first kappa shape index (κ1) is 11.3. The number of halogens is 3. The Labute approximate surface area is 90.0 Å². The first-order valence-electron chi connectivity index (χ1n) is 4.97. The van der Waals surface area contributed by atoms with Gasteiger partial charge in [0.1, 0.15) is 5.82 Å². The summed E-state index contributed by atoms with van der Waals surface area (Å²) in [7, 11) is 0. The van der Waals surface area contributed by atoms with Gasteiger partial charge < -0.3 is 5.32 Å². The SMILES string of the molecule is FC(F)(F)c1n[nH]c(CN2CCNCC2)n1. The normalized spacial score (nSPS) is 18.9. The van der Waals surface area contributed by atoms with E-state index in [9.17, 15) is 13.2 Å². The summed E-state index contributed by atoms with van der Waals surface area (Å²) in [5, 5.41) is 8.63. The van der Waals surface area contributed by atoms with Gasteiger partial charge in [0.15, 0.2) is 0 Å². The molecule has 1 aliphatic rings. The summed E-state index contributed by atoms with van der Waals surface area (Å²) in [6, 6.07) is 0. The number of nitrogens with one attached hydrogen (secondary N) is 2. The minimum Gasteiger partial charge on any atom is -0.314 e. The van der Waals surface area contributed by atoms with Crippen LogP contribution in [0.4, 0.5) is 13.2 Å². The lowest BCUT2D eigenvalue weighted by Crippen LogP contribution is -2.43. The molecule has 1 aromatic heterocycles. The third-order valence-electron chi connectivity index (χ3n) is 2.37. The van der Waals surface area contributed by atoms with Gasteiger partial charge in [-0.3, -0.25) is 10.00 Å². The first-order chi connectivity index (χ1) is 7.55. The summed E-state index contributed by atoms with van der Waals surface area (Å²) in [5.41, 5.74) is 0. The Morgan fingerprint density at radius 1 is 1.25 bits per heavy atom. The number of hydrogen-bond acceptors (Lipinski definition) is 4. The number of rotatable bonds is 2. The van der Waals surface area contributed by atoms with Gasteiger partial charge >= 0.3 is 6.18 Å². The van der Waals surface area contributed by atoms with Crippen LogP contribution >= 0.6 is 0 Å². The summed E-state index contributed by atoms with van der Waals surface area (Å²) in [6.07, 6.45) is -4.47. The van der Waals surface area contributed by atoms with Gasteiger partial charge in [0.25, 0.3) is 5.82 Å². The second kappa shape index (κ2) is 4.38. The van der Waals surface area contributed by atoms with Crippen LogP contribution in [0.25, 0.3) is 0 Å². The molecular formula is C8H12F3N5. The zero-order chi connectivity index (χ0) is 11.6. The predicted molar refractivity (Wildman–Crippen MR) is 49.5 cm³/mol. The lowest BCUT2D eigenvalue weighted by atomic mass is 10.3. The molecule has 16 heavy (non-hydrogen) atoms. The minimum atomic E-state index is -4.47. The van der Waals surface area contributed by atoms with Gasteiger partial charge in [0, 0.05) is 26.2 Å². The lowest BCUT2D eigenvalue weighted by Gasteiger charge is -2.25. The van der Waals surface area contributed by atoms with Gasteiger partial charge in [-0.25, -0.2) is 4.98 Å². The van der Waals surface area contributed by atoms with Crippen molar-refractivity contribution in [2.75, 3.05) is 26.2 Å². The maximum absolute atomic E-state index is 12.2. The third-order valence-corrected chi connectivity index (χ3v) is 2.37. The molecule has 0 bridgehead atoms. The van der Waals surface area contributed by atoms with Crippen LogP contribution in [-0.2, 0) is 12.7 Å². The van der Waals surface area contributed by atoms with Crippen molar-refractivity contribution in [2.24, 2.45) is 0 Å². The molecule has 2 heterocycles. The molecule has 0 aromatic carbocycles. The van der Waals surface area contributed by atoms with E-state index in [-0.39, 0.29) is 5.82 Å². The van der Waals surface area contributed by atoms with Crippen molar-refractivity contribution in [1.82, 2.24) is 25.4 Å². The molecule has 0 radical (unpaired) electrons. The molecule has 1 fully saturated rings. The number of aromatic nitrogens is 3. The van der Waals surface area contributed by atoms with E-state index < -0.39 is 12.0 Å². The second-order valence-electron chi connectivity index (χ2n) is 3.63. The molecule has 0 amide bonds. The van der Waals surface area contributed by atoms with Crippen LogP contribution in [0.3, 0.4) is 0 Å². The van der Waals surface area contributed by atoms with Crippen LogP contribution in [0.2, 0.25) is 0 Å². The van der Waals surface area contributed by atoms with Crippen molar-refractivity contribution < 1.29 is 13.2 Å². The Morgan fingerprint density at radius 2 is 1.94 bits per heavy atom. The maximum Gasteiger partial charge on any atom is 0.453 e. The van der Waals surface area contributed by atoms with Gasteiger partial charge in [-0.1, -0.05) is 0 Å². The highest BCUT2D eigenvalue weighted by Crippen LogP contribution is 2.25. The quantitative estimate of drug-likeness (QED) is 0.770. The number of nitrogens with zero attached hydrogens (tertiary/aromatic N) is 3. The summed E-state index contributed by atoms with van der Waals surface area (Å²) in [5.74, 6) is -0.841. The fourth-order valence-electron chi connectivity index (χ4n) is 1.57. The molecule has 90 valence electrons. The molecule has 5 nitrogen and oxygen atoms in total. The van der Waals surface area contributed by atoms with E-state index >= 15 is 0 Å². The molecule has 0 unspecified atom stereocenters. The summed E-state index contributed by atoms with van der Waals surface area (Å²) >= 11 is 0. The molecule has 0 atom stereocenters. The molecule has 2 N–H and O–H groups in total. The molecule has 2 rings (SSSR count). The molecule has 1 saturated heterocycles. The van der Waals surface area contributed by atoms with Gasteiger partial charge in [-0.2, -0.15) is 13.2 Å². The topological polar surface area (TPSA) is 56.8 Å². The largest absolute Gasteiger partial charge is 0.453 e. The summed E-state index contributed by atoms with van der Waals surface area (Å²) < 4.78 is 36.6. The van der Waals surface area contributed by atoms with Crippen molar-refractivity contribution in [3.05, 3.63) is 11.6 Å². The molecule has 1 aromatic rings. The Hall–Kier alpha value is -1.15. The maximum atomic E-state index is 12.2. The Kier molecular flexibility index (Phi) is 3.10. The van der Waals surface area contributed by atoms with Crippen molar-refractivity contribution in [1.29, 1.82) is 0 Å². The summed E-state index contributed by atoms with van der Waals surface area (Å²) in [4.78, 5) is 5.45. The van der Waals surface area contributed by atoms with Gasteiger partial charge in [0.05, 0.1) is 6.54 Å². The monoisotopic (exact) mass is 235 g/mol. The van der Waals surface area contributed by atoms with Gasteiger partial charge in [-0.15, -0.1) is 5.10 Å². The van der Waals surface area contributed by atoms with Crippen LogP contribution in [-0.4, -0.2) is 46.3 Å². The van der Waals surface area contributed by atoms with Crippen molar-refractivity contribution >= 4 is 0 Å². The highest BCUT2D eigenvalue weighted by atomic mass is 19.4. The predicted octanol–water partition coefficient (Wildman–Crippen LogP) is 0.229. The van der Waals surface area contributed by atoms with Crippen molar-refractivity contribution in [3.8, 4) is 0 Å². The Bertz CT molecular complexity index is 342. The minimum absolute atomic E-state index is 0.259. The number of alkyl halides is 3. The van der Waals surface area contributed by atoms with Crippen molar-refractivity contribution in [2.45, 2.75) is 12.7 Å². The molecule has 0 spiro atoms. The lowest BCUT2D eigenvalue weighted by molar-refractivity contribution is -0.144. The van der Waals surface area contributed by atoms with Crippen LogP contribution < -0.4 is 5.32 Å². The summed E-state index contributed by atoms with van der Waals surface area (Å²) in [6.45, 7) is 3.69. The number of piperazine rings is 1. The second-order valence-corrected chi connectivity index (χ2v) is 3.63. The number of aromatic amines is 1. The van der Waals surface area contributed by atoms with E-state index in [1.165, 1.54) is 0 Å². The fourth-order valence-corrected chi connectivity index (χ4v) is 1.57. The first-order valence-corrected chi connectivity index (χ1v) is 4.97. The zero-order valence-electron chi connectivity index (χ0n) is 8.51. The number of hydrogen-bond donors (Lipinski definition) is 2. The number of H-pyrrole nitrogens is 1. The van der Waals surface area contributed by atoms with E-state index in [0.717, 1.165) is 26.2 Å². The average molecular weight is 235 g/mol. The third kappa shape index (κ3) is 2.70. The standard InChI is InChI=1S/C8H12F3N5/c9-8(10,11)7-13-6(14-15-7)5-16-3-1-12-2-4-16/h12H,1-5H2,(H,13,14,15). The van der Waals surface area contributed by atoms with Crippen LogP contribution in [0, 0.1) is 0 Å². The van der Waals surface area contributed by atoms with Crippen LogP contribution in [0.1, 0.15) is 11.6 Å².